The highest BCUT2D eigenvalue weighted by Crippen LogP contribution is 2.26. The predicted octanol–water partition coefficient (Wildman–Crippen LogP) is 3.48. The van der Waals surface area contributed by atoms with Crippen LogP contribution in [0.3, 0.4) is 0 Å². The zero-order valence-electron chi connectivity index (χ0n) is 10.9. The van der Waals surface area contributed by atoms with Crippen molar-refractivity contribution in [3.05, 3.63) is 47.3 Å². The summed E-state index contributed by atoms with van der Waals surface area (Å²) in [5, 5.41) is 0. The molecule has 0 atom stereocenters. The van der Waals surface area contributed by atoms with E-state index in [-0.39, 0.29) is 5.97 Å². The zero-order chi connectivity index (χ0) is 13.1. The Morgan fingerprint density at radius 3 is 2.83 bits per heavy atom. The molecule has 94 valence electrons. The zero-order valence-corrected chi connectivity index (χ0v) is 10.9. The Morgan fingerprint density at radius 2 is 2.11 bits per heavy atom. The van der Waals surface area contributed by atoms with Crippen LogP contribution in [0.2, 0.25) is 0 Å². The molecule has 3 nitrogen and oxygen atoms in total. The number of carbonyl (C=O) groups excluding carboxylic acids is 1. The Bertz CT molecular complexity index is 570. The molecule has 0 amide bonds. The fourth-order valence-corrected chi connectivity index (χ4v) is 1.94. The number of ether oxygens (including phenoxy) is 1. The number of benzene rings is 1. The first-order valence-electron chi connectivity index (χ1n) is 6.05. The Balaban J connectivity index is 2.35. The summed E-state index contributed by atoms with van der Waals surface area (Å²) in [5.41, 5.74) is 5.12. The number of rotatable bonds is 3. The molecule has 3 heteroatoms. The second-order valence-corrected chi connectivity index (χ2v) is 4.27. The Labute approximate surface area is 107 Å². The second-order valence-electron chi connectivity index (χ2n) is 4.27. The van der Waals surface area contributed by atoms with Gasteiger partial charge in [-0.05, 0) is 43.5 Å². The molecule has 0 spiro atoms. The van der Waals surface area contributed by atoms with Gasteiger partial charge in [0.15, 0.2) is 0 Å². The van der Waals surface area contributed by atoms with Gasteiger partial charge < -0.3 is 9.72 Å². The molecule has 0 saturated heterocycles. The van der Waals surface area contributed by atoms with Gasteiger partial charge in [0.2, 0.25) is 0 Å². The van der Waals surface area contributed by atoms with Gasteiger partial charge in [0.1, 0.15) is 5.69 Å². The molecule has 1 aromatic carbocycles. The maximum Gasteiger partial charge on any atom is 0.354 e. The second kappa shape index (κ2) is 5.08. The number of aromatic nitrogens is 1. The van der Waals surface area contributed by atoms with E-state index in [1.165, 1.54) is 11.1 Å². The molecule has 1 aromatic heterocycles. The molecule has 0 fully saturated rings. The summed E-state index contributed by atoms with van der Waals surface area (Å²) in [6, 6.07) is 7.99. The molecule has 0 aliphatic carbocycles. The third kappa shape index (κ3) is 2.30. The van der Waals surface area contributed by atoms with Crippen molar-refractivity contribution in [1.82, 2.24) is 4.98 Å². The van der Waals surface area contributed by atoms with Gasteiger partial charge in [0.05, 0.1) is 6.61 Å². The van der Waals surface area contributed by atoms with Crippen molar-refractivity contribution in [3.63, 3.8) is 0 Å². The Morgan fingerprint density at radius 1 is 1.33 bits per heavy atom. The molecule has 0 unspecified atom stereocenters. The maximum absolute atomic E-state index is 11.6. The summed E-state index contributed by atoms with van der Waals surface area (Å²) in [6.45, 7) is 6.35. The molecule has 0 radical (unpaired) electrons. The van der Waals surface area contributed by atoms with Crippen molar-refractivity contribution in [2.24, 2.45) is 0 Å². The number of carbonyl (C=O) groups is 1. The lowest BCUT2D eigenvalue weighted by Gasteiger charge is -2.06. The summed E-state index contributed by atoms with van der Waals surface area (Å²) in [5.74, 6) is -0.311. The van der Waals surface area contributed by atoms with E-state index in [0.717, 1.165) is 11.1 Å². The van der Waals surface area contributed by atoms with Crippen LogP contribution < -0.4 is 0 Å². The van der Waals surface area contributed by atoms with E-state index in [1.54, 1.807) is 6.92 Å². The van der Waals surface area contributed by atoms with Crippen molar-refractivity contribution < 1.29 is 9.53 Å². The van der Waals surface area contributed by atoms with E-state index >= 15 is 0 Å². The fraction of sp³-hybridized carbons (Fsp3) is 0.267. The third-order valence-electron chi connectivity index (χ3n) is 3.09. The molecular weight excluding hydrogens is 226 g/mol. The van der Waals surface area contributed by atoms with E-state index in [4.69, 9.17) is 4.74 Å². The molecule has 2 aromatic rings. The molecule has 0 aliphatic heterocycles. The number of hydrogen-bond acceptors (Lipinski definition) is 2. The van der Waals surface area contributed by atoms with Gasteiger partial charge in [0.25, 0.3) is 0 Å². The van der Waals surface area contributed by atoms with E-state index in [1.807, 2.05) is 18.3 Å². The van der Waals surface area contributed by atoms with Crippen molar-refractivity contribution in [2.45, 2.75) is 20.8 Å². The molecule has 2 rings (SSSR count). The highest BCUT2D eigenvalue weighted by molar-refractivity contribution is 5.89. The molecule has 18 heavy (non-hydrogen) atoms. The number of aromatic amines is 1. The third-order valence-corrected chi connectivity index (χ3v) is 3.09. The number of aryl methyl sites for hydroxylation is 1. The average molecular weight is 243 g/mol. The smallest absolute Gasteiger partial charge is 0.354 e. The lowest BCUT2D eigenvalue weighted by molar-refractivity contribution is 0.0520. The Kier molecular flexibility index (Phi) is 3.51. The van der Waals surface area contributed by atoms with Gasteiger partial charge in [-0.15, -0.1) is 0 Å². The summed E-state index contributed by atoms with van der Waals surface area (Å²) in [7, 11) is 0. The van der Waals surface area contributed by atoms with Crippen LogP contribution in [0.1, 0.15) is 28.5 Å². The van der Waals surface area contributed by atoms with E-state index in [2.05, 4.69) is 31.0 Å². The molecule has 0 saturated carbocycles. The monoisotopic (exact) mass is 243 g/mol. The van der Waals surface area contributed by atoms with Crippen molar-refractivity contribution >= 4 is 5.97 Å². The SMILES string of the molecule is CCOC(=O)c1cc(-c2cccc(C)c2C)c[nH]1. The highest BCUT2D eigenvalue weighted by atomic mass is 16.5. The summed E-state index contributed by atoms with van der Waals surface area (Å²) < 4.78 is 4.96. The molecule has 0 aliphatic rings. The van der Waals surface area contributed by atoms with Gasteiger partial charge in [-0.3, -0.25) is 0 Å². The molecule has 1 N–H and O–H groups in total. The fourth-order valence-electron chi connectivity index (χ4n) is 1.94. The number of H-pyrrole nitrogens is 1. The van der Waals surface area contributed by atoms with Crippen LogP contribution in [0.5, 0.6) is 0 Å². The summed E-state index contributed by atoms with van der Waals surface area (Å²) in [4.78, 5) is 14.5. The van der Waals surface area contributed by atoms with Crippen LogP contribution >= 0.6 is 0 Å². The van der Waals surface area contributed by atoms with Crippen molar-refractivity contribution in [3.8, 4) is 11.1 Å². The van der Waals surface area contributed by atoms with Gasteiger partial charge in [-0.1, -0.05) is 18.2 Å². The minimum absolute atomic E-state index is 0.311. The normalized spacial score (nSPS) is 10.4. The first-order chi connectivity index (χ1) is 8.63. The first-order valence-corrected chi connectivity index (χ1v) is 6.05. The molecule has 1 heterocycles. The number of esters is 1. The number of nitrogens with one attached hydrogen (secondary N) is 1. The standard InChI is InChI=1S/C15H17NO2/c1-4-18-15(17)14-8-12(9-16-14)13-7-5-6-10(2)11(13)3/h5-9,16H,4H2,1-3H3. The van der Waals surface area contributed by atoms with Crippen LogP contribution in [-0.4, -0.2) is 17.6 Å². The molecular formula is C15H17NO2. The van der Waals surface area contributed by atoms with Gasteiger partial charge in [-0.25, -0.2) is 4.79 Å². The van der Waals surface area contributed by atoms with Crippen LogP contribution in [0.4, 0.5) is 0 Å². The minimum atomic E-state index is -0.311. The maximum atomic E-state index is 11.6. The quantitative estimate of drug-likeness (QED) is 0.839. The van der Waals surface area contributed by atoms with Gasteiger partial charge in [0, 0.05) is 11.8 Å². The van der Waals surface area contributed by atoms with Crippen molar-refractivity contribution in [2.75, 3.05) is 6.61 Å². The van der Waals surface area contributed by atoms with E-state index in [9.17, 15) is 4.79 Å². The minimum Gasteiger partial charge on any atom is -0.461 e. The van der Waals surface area contributed by atoms with E-state index in [0.29, 0.717) is 12.3 Å². The predicted molar refractivity (Wildman–Crippen MR) is 71.7 cm³/mol. The molecule has 0 bridgehead atoms. The Hall–Kier alpha value is -2.03. The van der Waals surface area contributed by atoms with E-state index < -0.39 is 0 Å². The average Bonchev–Trinajstić information content (AvgIpc) is 2.82. The van der Waals surface area contributed by atoms with Crippen LogP contribution in [0, 0.1) is 13.8 Å². The largest absolute Gasteiger partial charge is 0.461 e. The summed E-state index contributed by atoms with van der Waals surface area (Å²) in [6.07, 6.45) is 1.84. The highest BCUT2D eigenvalue weighted by Gasteiger charge is 2.11. The number of hydrogen-bond donors (Lipinski definition) is 1. The van der Waals surface area contributed by atoms with Crippen LogP contribution in [0.15, 0.2) is 30.5 Å². The lowest BCUT2D eigenvalue weighted by Crippen LogP contribution is -2.04. The topological polar surface area (TPSA) is 42.1 Å². The van der Waals surface area contributed by atoms with Gasteiger partial charge >= 0.3 is 5.97 Å². The van der Waals surface area contributed by atoms with Crippen molar-refractivity contribution in [1.29, 1.82) is 0 Å². The summed E-state index contributed by atoms with van der Waals surface area (Å²) >= 11 is 0. The van der Waals surface area contributed by atoms with Gasteiger partial charge in [-0.2, -0.15) is 0 Å². The van der Waals surface area contributed by atoms with Crippen LogP contribution in [0.25, 0.3) is 11.1 Å². The lowest BCUT2D eigenvalue weighted by atomic mass is 9.99. The van der Waals surface area contributed by atoms with Crippen LogP contribution in [-0.2, 0) is 4.74 Å². The first kappa shape index (κ1) is 12.4.